The number of hydrogen-bond donors (Lipinski definition) is 2. The van der Waals surface area contributed by atoms with Crippen molar-refractivity contribution in [2.24, 2.45) is 0 Å². The summed E-state index contributed by atoms with van der Waals surface area (Å²) < 4.78 is 5.40. The van der Waals surface area contributed by atoms with Gasteiger partial charge in [0.05, 0.1) is 18.4 Å². The first-order chi connectivity index (χ1) is 10.2. The summed E-state index contributed by atoms with van der Waals surface area (Å²) in [5, 5.41) is 7.68. The van der Waals surface area contributed by atoms with Crippen LogP contribution in [0.4, 0.5) is 5.82 Å². The number of nitrogens with zero attached hydrogens (tertiary/aromatic N) is 2. The lowest BCUT2D eigenvalue weighted by molar-refractivity contribution is 0.416. The Labute approximate surface area is 126 Å². The van der Waals surface area contributed by atoms with Gasteiger partial charge < -0.3 is 10.5 Å². The van der Waals surface area contributed by atoms with Crippen LogP contribution < -0.4 is 10.5 Å². The van der Waals surface area contributed by atoms with Gasteiger partial charge in [0.1, 0.15) is 5.75 Å². The van der Waals surface area contributed by atoms with Crippen LogP contribution in [0.25, 0.3) is 22.4 Å². The fraction of sp³-hybridized carbons (Fsp3) is 0.0667. The van der Waals surface area contributed by atoms with E-state index >= 15 is 0 Å². The number of rotatable bonds is 3. The predicted molar refractivity (Wildman–Crippen MR) is 83.2 cm³/mol. The molecule has 0 aliphatic carbocycles. The van der Waals surface area contributed by atoms with Crippen LogP contribution in [-0.2, 0) is 0 Å². The van der Waals surface area contributed by atoms with Crippen molar-refractivity contribution in [2.45, 2.75) is 0 Å². The summed E-state index contributed by atoms with van der Waals surface area (Å²) >= 11 is 6.10. The summed E-state index contributed by atoms with van der Waals surface area (Å²) in [6.07, 6.45) is 3.42. The number of ether oxygens (including phenoxy) is 1. The maximum Gasteiger partial charge on any atom is 0.153 e. The summed E-state index contributed by atoms with van der Waals surface area (Å²) in [6, 6.07) is 9.16. The van der Waals surface area contributed by atoms with Crippen molar-refractivity contribution in [3.8, 4) is 28.1 Å². The molecule has 2 heterocycles. The predicted octanol–water partition coefficient (Wildman–Crippen LogP) is 3.38. The van der Waals surface area contributed by atoms with Crippen molar-refractivity contribution in [3.63, 3.8) is 0 Å². The highest BCUT2D eigenvalue weighted by molar-refractivity contribution is 6.31. The molecule has 3 rings (SSSR count). The summed E-state index contributed by atoms with van der Waals surface area (Å²) in [4.78, 5) is 4.02. The van der Waals surface area contributed by atoms with Crippen molar-refractivity contribution in [2.75, 3.05) is 12.8 Å². The molecule has 3 aromatic rings. The number of aromatic nitrogens is 3. The molecule has 0 atom stereocenters. The average Bonchev–Trinajstić information content (AvgIpc) is 2.89. The Hall–Kier alpha value is -2.53. The van der Waals surface area contributed by atoms with Gasteiger partial charge in [-0.25, -0.2) is 0 Å². The van der Waals surface area contributed by atoms with E-state index in [1.54, 1.807) is 25.6 Å². The van der Waals surface area contributed by atoms with Gasteiger partial charge in [0.15, 0.2) is 5.82 Å². The molecular formula is C15H13ClN4O. The highest BCUT2D eigenvalue weighted by Gasteiger charge is 2.18. The third-order valence-corrected chi connectivity index (χ3v) is 3.43. The molecule has 0 spiro atoms. The Morgan fingerprint density at radius 2 is 1.95 bits per heavy atom. The van der Waals surface area contributed by atoms with Gasteiger partial charge in [0, 0.05) is 23.0 Å². The SMILES string of the molecule is COc1ccc(Cl)cc1-c1[nH]nc(N)c1-c1ccncc1. The Bertz CT molecular complexity index is 771. The Kier molecular flexibility index (Phi) is 3.50. The van der Waals surface area contributed by atoms with Crippen LogP contribution in [0.15, 0.2) is 42.7 Å². The first-order valence-electron chi connectivity index (χ1n) is 6.29. The molecule has 0 bridgehead atoms. The molecule has 0 fully saturated rings. The van der Waals surface area contributed by atoms with Crippen LogP contribution in [-0.4, -0.2) is 22.3 Å². The Balaban J connectivity index is 2.24. The quantitative estimate of drug-likeness (QED) is 0.777. The fourth-order valence-corrected chi connectivity index (χ4v) is 2.41. The molecule has 2 aromatic heterocycles. The third-order valence-electron chi connectivity index (χ3n) is 3.19. The minimum absolute atomic E-state index is 0.415. The number of aromatic amines is 1. The second-order valence-electron chi connectivity index (χ2n) is 4.44. The molecule has 6 heteroatoms. The maximum absolute atomic E-state index is 6.10. The summed E-state index contributed by atoms with van der Waals surface area (Å²) in [6.45, 7) is 0. The summed E-state index contributed by atoms with van der Waals surface area (Å²) in [5.74, 6) is 1.11. The number of nitrogen functional groups attached to an aromatic ring is 1. The van der Waals surface area contributed by atoms with E-state index in [-0.39, 0.29) is 0 Å². The molecule has 3 N–H and O–H groups in total. The van der Waals surface area contributed by atoms with E-state index < -0.39 is 0 Å². The second-order valence-corrected chi connectivity index (χ2v) is 4.88. The highest BCUT2D eigenvalue weighted by atomic mass is 35.5. The largest absolute Gasteiger partial charge is 0.496 e. The monoisotopic (exact) mass is 300 g/mol. The number of nitrogens with one attached hydrogen (secondary N) is 1. The van der Waals surface area contributed by atoms with Crippen molar-refractivity contribution >= 4 is 17.4 Å². The fourth-order valence-electron chi connectivity index (χ4n) is 2.24. The molecule has 5 nitrogen and oxygen atoms in total. The molecule has 0 saturated carbocycles. The number of methoxy groups -OCH3 is 1. The molecule has 1 aromatic carbocycles. The molecule has 0 unspecified atom stereocenters. The van der Waals surface area contributed by atoms with Crippen molar-refractivity contribution in [1.82, 2.24) is 15.2 Å². The molecular weight excluding hydrogens is 288 g/mol. The van der Waals surface area contributed by atoms with Gasteiger partial charge in [-0.2, -0.15) is 5.10 Å². The first-order valence-corrected chi connectivity index (χ1v) is 6.66. The smallest absolute Gasteiger partial charge is 0.153 e. The van der Waals surface area contributed by atoms with E-state index in [2.05, 4.69) is 15.2 Å². The molecule has 0 aliphatic heterocycles. The number of benzene rings is 1. The maximum atomic E-state index is 6.10. The second kappa shape index (κ2) is 5.46. The van der Waals surface area contributed by atoms with Crippen LogP contribution >= 0.6 is 11.6 Å². The van der Waals surface area contributed by atoms with Gasteiger partial charge in [-0.05, 0) is 35.9 Å². The number of halogens is 1. The van der Waals surface area contributed by atoms with E-state index in [9.17, 15) is 0 Å². The first kappa shape index (κ1) is 13.5. The van der Waals surface area contributed by atoms with Crippen LogP contribution in [0.2, 0.25) is 5.02 Å². The van der Waals surface area contributed by atoms with Crippen LogP contribution in [0.5, 0.6) is 5.75 Å². The summed E-state index contributed by atoms with van der Waals surface area (Å²) in [7, 11) is 1.61. The van der Waals surface area contributed by atoms with Gasteiger partial charge >= 0.3 is 0 Å². The van der Waals surface area contributed by atoms with E-state index in [4.69, 9.17) is 22.1 Å². The van der Waals surface area contributed by atoms with Gasteiger partial charge in [0.25, 0.3) is 0 Å². The summed E-state index contributed by atoms with van der Waals surface area (Å²) in [5.41, 5.74) is 9.30. The Morgan fingerprint density at radius 1 is 1.19 bits per heavy atom. The lowest BCUT2D eigenvalue weighted by Crippen LogP contribution is -1.91. The number of H-pyrrole nitrogens is 1. The van der Waals surface area contributed by atoms with Crippen LogP contribution in [0, 0.1) is 0 Å². The average molecular weight is 301 g/mol. The van der Waals surface area contributed by atoms with Gasteiger partial charge in [-0.1, -0.05) is 11.6 Å². The number of anilines is 1. The normalized spacial score (nSPS) is 10.6. The topological polar surface area (TPSA) is 76.8 Å². The zero-order valence-electron chi connectivity index (χ0n) is 11.3. The Morgan fingerprint density at radius 3 is 2.67 bits per heavy atom. The molecule has 0 aliphatic rings. The van der Waals surface area contributed by atoms with Crippen LogP contribution in [0.1, 0.15) is 0 Å². The van der Waals surface area contributed by atoms with Gasteiger partial charge in [-0.3, -0.25) is 10.1 Å². The zero-order chi connectivity index (χ0) is 14.8. The lowest BCUT2D eigenvalue weighted by atomic mass is 10.0. The molecule has 106 valence electrons. The van der Waals surface area contributed by atoms with Crippen molar-refractivity contribution < 1.29 is 4.74 Å². The van der Waals surface area contributed by atoms with E-state index in [0.717, 1.165) is 22.4 Å². The standard InChI is InChI=1S/C15H13ClN4O/c1-21-12-3-2-10(16)8-11(12)14-13(15(17)20-19-14)9-4-6-18-7-5-9/h2-8H,1H3,(H3,17,19,20). The molecule has 0 saturated heterocycles. The van der Waals surface area contributed by atoms with E-state index in [1.807, 2.05) is 24.3 Å². The van der Waals surface area contributed by atoms with E-state index in [1.165, 1.54) is 0 Å². The van der Waals surface area contributed by atoms with Gasteiger partial charge in [-0.15, -0.1) is 0 Å². The minimum Gasteiger partial charge on any atom is -0.496 e. The number of nitrogens with two attached hydrogens (primary N) is 1. The molecule has 0 amide bonds. The van der Waals surface area contributed by atoms with Crippen LogP contribution in [0.3, 0.4) is 0 Å². The van der Waals surface area contributed by atoms with Gasteiger partial charge in [0.2, 0.25) is 0 Å². The molecule has 21 heavy (non-hydrogen) atoms. The van der Waals surface area contributed by atoms with Crippen molar-refractivity contribution in [3.05, 3.63) is 47.7 Å². The highest BCUT2D eigenvalue weighted by Crippen LogP contribution is 2.39. The lowest BCUT2D eigenvalue weighted by Gasteiger charge is -2.10. The minimum atomic E-state index is 0.415. The number of hydrogen-bond acceptors (Lipinski definition) is 4. The third kappa shape index (κ3) is 2.43. The molecule has 0 radical (unpaired) electrons. The zero-order valence-corrected chi connectivity index (χ0v) is 12.1. The van der Waals surface area contributed by atoms with Crippen molar-refractivity contribution in [1.29, 1.82) is 0 Å². The van der Waals surface area contributed by atoms with E-state index in [0.29, 0.717) is 16.6 Å². The number of pyridine rings is 1.